The summed E-state index contributed by atoms with van der Waals surface area (Å²) in [4.78, 5) is 25.4. The highest BCUT2D eigenvalue weighted by Crippen LogP contribution is 2.22. The van der Waals surface area contributed by atoms with E-state index in [-0.39, 0.29) is 5.91 Å². The van der Waals surface area contributed by atoms with Crippen LogP contribution in [0.5, 0.6) is 0 Å². The molecule has 5 heteroatoms. The number of hydrogen-bond donors (Lipinski definition) is 2. The number of nitrogens with one attached hydrogen (secondary N) is 1. The number of carboxylic acid groups (broad SMARTS) is 1. The third-order valence-electron chi connectivity index (χ3n) is 3.29. The van der Waals surface area contributed by atoms with Crippen molar-refractivity contribution in [3.05, 3.63) is 34.0 Å². The number of thiophene rings is 1. The number of carbonyl (C=O) groups excluding carboxylic acids is 1. The first-order valence-corrected chi connectivity index (χ1v) is 7.94. The van der Waals surface area contributed by atoms with Gasteiger partial charge in [0.1, 0.15) is 6.04 Å². The van der Waals surface area contributed by atoms with Crippen molar-refractivity contribution in [2.24, 2.45) is 0 Å². The van der Waals surface area contributed by atoms with Crippen LogP contribution in [0.25, 0.3) is 0 Å². The minimum absolute atomic E-state index is 0.198. The van der Waals surface area contributed by atoms with Gasteiger partial charge in [0.2, 0.25) is 5.91 Å². The van der Waals surface area contributed by atoms with E-state index in [9.17, 15) is 9.59 Å². The molecule has 0 aliphatic heterocycles. The molecule has 0 fully saturated rings. The molecule has 116 valence electrons. The summed E-state index contributed by atoms with van der Waals surface area (Å²) >= 11 is 1.76. The molecular formula is C16H23NO3S. The molecule has 2 N–H and O–H groups in total. The highest BCUT2D eigenvalue weighted by atomic mass is 32.1. The Bertz CT molecular complexity index is 508. The molecule has 0 saturated heterocycles. The second kappa shape index (κ2) is 8.62. The molecule has 0 spiro atoms. The van der Waals surface area contributed by atoms with Crippen LogP contribution >= 0.6 is 11.3 Å². The van der Waals surface area contributed by atoms with E-state index in [4.69, 9.17) is 5.11 Å². The van der Waals surface area contributed by atoms with E-state index in [1.165, 1.54) is 15.3 Å². The predicted molar refractivity (Wildman–Crippen MR) is 85.7 cm³/mol. The van der Waals surface area contributed by atoms with Crippen LogP contribution in [-0.2, 0) is 16.0 Å². The van der Waals surface area contributed by atoms with E-state index in [0.717, 1.165) is 12.8 Å². The largest absolute Gasteiger partial charge is 0.480 e. The molecular weight excluding hydrogens is 286 g/mol. The lowest BCUT2D eigenvalue weighted by Crippen LogP contribution is -2.40. The normalized spacial score (nSPS) is 11.9. The highest BCUT2D eigenvalue weighted by molar-refractivity contribution is 7.12. The Balaban J connectivity index is 2.37. The van der Waals surface area contributed by atoms with E-state index >= 15 is 0 Å². The Morgan fingerprint density at radius 2 is 2.19 bits per heavy atom. The van der Waals surface area contributed by atoms with E-state index < -0.39 is 12.0 Å². The second-order valence-electron chi connectivity index (χ2n) is 5.12. The van der Waals surface area contributed by atoms with Crippen molar-refractivity contribution in [2.45, 2.75) is 52.0 Å². The Hall–Kier alpha value is -1.62. The van der Waals surface area contributed by atoms with Gasteiger partial charge in [0.05, 0.1) is 0 Å². The molecule has 0 aliphatic carbocycles. The van der Waals surface area contributed by atoms with Crippen LogP contribution in [0.1, 0.15) is 41.0 Å². The fourth-order valence-corrected chi connectivity index (χ4v) is 3.16. The Morgan fingerprint density at radius 1 is 1.48 bits per heavy atom. The lowest BCUT2D eigenvalue weighted by molar-refractivity contribution is -0.142. The zero-order valence-electron chi connectivity index (χ0n) is 12.6. The van der Waals surface area contributed by atoms with Crippen molar-refractivity contribution in [1.29, 1.82) is 0 Å². The van der Waals surface area contributed by atoms with Gasteiger partial charge < -0.3 is 10.4 Å². The average Bonchev–Trinajstić information content (AvgIpc) is 2.72. The molecule has 1 aromatic rings. The first-order valence-electron chi connectivity index (χ1n) is 7.13. The molecule has 1 amide bonds. The van der Waals surface area contributed by atoms with Crippen LogP contribution in [0.3, 0.4) is 0 Å². The van der Waals surface area contributed by atoms with Gasteiger partial charge in [-0.1, -0.05) is 6.08 Å². The second-order valence-corrected chi connectivity index (χ2v) is 6.58. The maximum absolute atomic E-state index is 11.8. The summed E-state index contributed by atoms with van der Waals surface area (Å²) in [6.07, 6.45) is 4.55. The first kappa shape index (κ1) is 17.4. The van der Waals surface area contributed by atoms with Crippen molar-refractivity contribution in [3.8, 4) is 0 Å². The minimum Gasteiger partial charge on any atom is -0.480 e. The average molecular weight is 309 g/mol. The van der Waals surface area contributed by atoms with Gasteiger partial charge in [-0.3, -0.25) is 4.79 Å². The molecule has 21 heavy (non-hydrogen) atoms. The molecule has 1 aromatic heterocycles. The molecule has 1 atom stereocenters. The maximum Gasteiger partial charge on any atom is 0.326 e. The molecule has 1 rings (SSSR count). The molecule has 0 aromatic carbocycles. The van der Waals surface area contributed by atoms with Gasteiger partial charge in [-0.05, 0) is 51.2 Å². The lowest BCUT2D eigenvalue weighted by atomic mass is 10.1. The van der Waals surface area contributed by atoms with E-state index in [1.54, 1.807) is 17.4 Å². The Morgan fingerprint density at radius 3 is 2.71 bits per heavy atom. The Labute approximate surface area is 129 Å². The number of rotatable bonds is 9. The van der Waals surface area contributed by atoms with E-state index in [1.807, 2.05) is 0 Å². The third kappa shape index (κ3) is 6.12. The standard InChI is InChI=1S/C16H23NO3S/c1-4-5-8-14(16(19)20)17-15(18)9-6-7-13-10-11(2)21-12(13)3/h4,10,14H,1,5-9H2,2-3H3,(H,17,18)(H,19,20). The van der Waals surface area contributed by atoms with Gasteiger partial charge in [0, 0.05) is 16.2 Å². The molecule has 4 nitrogen and oxygen atoms in total. The number of carbonyl (C=O) groups is 2. The van der Waals surface area contributed by atoms with E-state index in [2.05, 4.69) is 31.8 Å². The third-order valence-corrected chi connectivity index (χ3v) is 4.29. The number of aryl methyl sites for hydroxylation is 3. The molecule has 1 heterocycles. The monoisotopic (exact) mass is 309 g/mol. The van der Waals surface area contributed by atoms with E-state index in [0.29, 0.717) is 19.3 Å². The number of amides is 1. The van der Waals surface area contributed by atoms with Crippen molar-refractivity contribution < 1.29 is 14.7 Å². The van der Waals surface area contributed by atoms with Gasteiger partial charge >= 0.3 is 5.97 Å². The minimum atomic E-state index is -0.991. The van der Waals surface area contributed by atoms with Crippen molar-refractivity contribution in [3.63, 3.8) is 0 Å². The molecule has 0 saturated carbocycles. The van der Waals surface area contributed by atoms with Crippen LogP contribution in [0.2, 0.25) is 0 Å². The first-order chi connectivity index (χ1) is 9.93. The molecule has 1 unspecified atom stereocenters. The van der Waals surface area contributed by atoms with Gasteiger partial charge in [0.25, 0.3) is 0 Å². The summed E-state index contributed by atoms with van der Waals surface area (Å²) in [5, 5.41) is 11.6. The predicted octanol–water partition coefficient (Wildman–Crippen LogP) is 3.22. The quantitative estimate of drug-likeness (QED) is 0.688. The summed E-state index contributed by atoms with van der Waals surface area (Å²) in [6.45, 7) is 7.72. The summed E-state index contributed by atoms with van der Waals surface area (Å²) in [7, 11) is 0. The summed E-state index contributed by atoms with van der Waals surface area (Å²) < 4.78 is 0. The van der Waals surface area contributed by atoms with Gasteiger partial charge in [-0.15, -0.1) is 17.9 Å². The van der Waals surface area contributed by atoms with Gasteiger partial charge in [-0.25, -0.2) is 4.79 Å². The summed E-state index contributed by atoms with van der Waals surface area (Å²) in [5.74, 6) is -1.19. The number of carboxylic acids is 1. The molecule has 0 radical (unpaired) electrons. The van der Waals surface area contributed by atoms with Crippen LogP contribution in [0.15, 0.2) is 18.7 Å². The maximum atomic E-state index is 11.8. The smallest absolute Gasteiger partial charge is 0.326 e. The van der Waals surface area contributed by atoms with Gasteiger partial charge in [-0.2, -0.15) is 0 Å². The summed E-state index contributed by atoms with van der Waals surface area (Å²) in [6, 6.07) is 1.34. The van der Waals surface area contributed by atoms with Crippen LogP contribution < -0.4 is 5.32 Å². The number of aliphatic carboxylic acids is 1. The SMILES string of the molecule is C=CCCC(NC(=O)CCCc1cc(C)sc1C)C(=O)O. The molecule has 0 aliphatic rings. The number of allylic oxidation sites excluding steroid dienone is 1. The number of hydrogen-bond acceptors (Lipinski definition) is 3. The van der Waals surface area contributed by atoms with Crippen molar-refractivity contribution in [1.82, 2.24) is 5.32 Å². The topological polar surface area (TPSA) is 66.4 Å². The fourth-order valence-electron chi connectivity index (χ4n) is 2.18. The van der Waals surface area contributed by atoms with Crippen LogP contribution in [-0.4, -0.2) is 23.0 Å². The van der Waals surface area contributed by atoms with Crippen LogP contribution in [0.4, 0.5) is 0 Å². The Kier molecular flexibility index (Phi) is 7.15. The van der Waals surface area contributed by atoms with Gasteiger partial charge in [0.15, 0.2) is 0 Å². The molecule has 0 bridgehead atoms. The highest BCUT2D eigenvalue weighted by Gasteiger charge is 2.18. The fraction of sp³-hybridized carbons (Fsp3) is 0.500. The van der Waals surface area contributed by atoms with Crippen molar-refractivity contribution >= 4 is 23.2 Å². The summed E-state index contributed by atoms with van der Waals surface area (Å²) in [5.41, 5.74) is 1.28. The van der Waals surface area contributed by atoms with Crippen LogP contribution in [0, 0.1) is 13.8 Å². The van der Waals surface area contributed by atoms with Crippen molar-refractivity contribution in [2.75, 3.05) is 0 Å². The zero-order chi connectivity index (χ0) is 15.8. The zero-order valence-corrected chi connectivity index (χ0v) is 13.5. The lowest BCUT2D eigenvalue weighted by Gasteiger charge is -2.13.